The Bertz CT molecular complexity index is 403. The number of amides is 1. The predicted octanol–water partition coefficient (Wildman–Crippen LogP) is -0.415. The highest BCUT2D eigenvalue weighted by Crippen LogP contribution is 2.18. The highest BCUT2D eigenvalue weighted by atomic mass is 32.2. The van der Waals surface area contributed by atoms with Crippen molar-refractivity contribution in [2.45, 2.75) is 25.8 Å². The third kappa shape index (κ3) is 3.99. The lowest BCUT2D eigenvalue weighted by atomic mass is 10.2. The molecule has 1 amide bonds. The van der Waals surface area contributed by atoms with Gasteiger partial charge in [0.15, 0.2) is 9.84 Å². The van der Waals surface area contributed by atoms with E-state index >= 15 is 0 Å². The molecule has 1 rings (SSSR count). The molecule has 0 saturated carbocycles. The van der Waals surface area contributed by atoms with Crippen LogP contribution in [0.4, 0.5) is 0 Å². The summed E-state index contributed by atoms with van der Waals surface area (Å²) in [5.41, 5.74) is 0. The molecule has 0 N–H and O–H groups in total. The van der Waals surface area contributed by atoms with E-state index in [-0.39, 0.29) is 36.4 Å². The largest absolute Gasteiger partial charge is 0.469 e. The van der Waals surface area contributed by atoms with Gasteiger partial charge in [-0.15, -0.1) is 0 Å². The van der Waals surface area contributed by atoms with Gasteiger partial charge < -0.3 is 9.64 Å². The molecule has 1 saturated heterocycles. The third-order valence-corrected chi connectivity index (χ3v) is 4.59. The summed E-state index contributed by atoms with van der Waals surface area (Å²) in [6.45, 7) is 1.59. The third-order valence-electron chi connectivity index (χ3n) is 2.84. The van der Waals surface area contributed by atoms with E-state index in [1.807, 2.05) is 0 Å². The van der Waals surface area contributed by atoms with E-state index < -0.39 is 15.8 Å². The highest BCUT2D eigenvalue weighted by Gasteiger charge is 2.33. The van der Waals surface area contributed by atoms with Crippen LogP contribution in [0.25, 0.3) is 0 Å². The van der Waals surface area contributed by atoms with Gasteiger partial charge in [-0.1, -0.05) is 0 Å². The quantitative estimate of drug-likeness (QED) is 0.644. The van der Waals surface area contributed by atoms with Crippen molar-refractivity contribution >= 4 is 21.7 Å². The van der Waals surface area contributed by atoms with E-state index in [0.29, 0.717) is 6.42 Å². The first-order chi connectivity index (χ1) is 7.85. The molecular formula is C10H17NO5S. The Balaban J connectivity index is 2.61. The van der Waals surface area contributed by atoms with Crippen LogP contribution in [0.5, 0.6) is 0 Å². The first-order valence-electron chi connectivity index (χ1n) is 5.40. The monoisotopic (exact) mass is 263 g/mol. The van der Waals surface area contributed by atoms with Crippen LogP contribution in [0.2, 0.25) is 0 Å². The van der Waals surface area contributed by atoms with Crippen LogP contribution in [-0.4, -0.2) is 56.4 Å². The Morgan fingerprint density at radius 3 is 2.47 bits per heavy atom. The van der Waals surface area contributed by atoms with Gasteiger partial charge in [-0.25, -0.2) is 8.42 Å². The van der Waals surface area contributed by atoms with Crippen molar-refractivity contribution in [3.63, 3.8) is 0 Å². The zero-order valence-corrected chi connectivity index (χ0v) is 10.8. The molecule has 1 fully saturated rings. The molecule has 0 bridgehead atoms. The summed E-state index contributed by atoms with van der Waals surface area (Å²) < 4.78 is 27.2. The number of esters is 1. The molecule has 0 aromatic heterocycles. The standard InChI is InChI=1S/C10H17NO5S/c1-8(12)11(5-3-10(13)16-2)9-4-6-17(14,15)7-9/h9H,3-7H2,1-2H3. The van der Waals surface area contributed by atoms with E-state index in [2.05, 4.69) is 4.74 Å². The summed E-state index contributed by atoms with van der Waals surface area (Å²) in [7, 11) is -1.75. The van der Waals surface area contributed by atoms with E-state index in [0.717, 1.165) is 0 Å². The van der Waals surface area contributed by atoms with Crippen LogP contribution >= 0.6 is 0 Å². The summed E-state index contributed by atoms with van der Waals surface area (Å²) in [6.07, 6.45) is 0.537. The van der Waals surface area contributed by atoms with Crippen LogP contribution in [0.3, 0.4) is 0 Å². The molecule has 0 aromatic rings. The molecule has 0 aromatic carbocycles. The van der Waals surface area contributed by atoms with E-state index in [1.165, 1.54) is 18.9 Å². The number of carbonyl (C=O) groups is 2. The Hall–Kier alpha value is -1.11. The lowest BCUT2D eigenvalue weighted by Crippen LogP contribution is -2.41. The van der Waals surface area contributed by atoms with Crippen LogP contribution in [-0.2, 0) is 24.2 Å². The minimum atomic E-state index is -3.03. The van der Waals surface area contributed by atoms with E-state index in [1.54, 1.807) is 0 Å². The highest BCUT2D eigenvalue weighted by molar-refractivity contribution is 7.91. The van der Waals surface area contributed by atoms with Crippen molar-refractivity contribution in [2.75, 3.05) is 25.2 Å². The molecule has 17 heavy (non-hydrogen) atoms. The SMILES string of the molecule is COC(=O)CCN(C(C)=O)C1CCS(=O)(=O)C1. The second kappa shape index (κ2) is 5.48. The van der Waals surface area contributed by atoms with E-state index in [9.17, 15) is 18.0 Å². The number of rotatable bonds is 4. The number of hydrogen-bond acceptors (Lipinski definition) is 5. The van der Waals surface area contributed by atoms with Gasteiger partial charge in [0, 0.05) is 19.5 Å². The lowest BCUT2D eigenvalue weighted by Gasteiger charge is -2.26. The summed E-state index contributed by atoms with van der Waals surface area (Å²) >= 11 is 0. The van der Waals surface area contributed by atoms with Gasteiger partial charge in [0.05, 0.1) is 25.0 Å². The maximum atomic E-state index is 11.4. The first-order valence-corrected chi connectivity index (χ1v) is 7.22. The van der Waals surface area contributed by atoms with Gasteiger partial charge in [0.2, 0.25) is 5.91 Å². The molecule has 1 unspecified atom stereocenters. The fourth-order valence-corrected chi connectivity index (χ4v) is 3.66. The van der Waals surface area contributed by atoms with Gasteiger partial charge in [0.1, 0.15) is 0 Å². The van der Waals surface area contributed by atoms with Crippen molar-refractivity contribution < 1.29 is 22.7 Å². The topological polar surface area (TPSA) is 80.8 Å². The molecule has 1 atom stereocenters. The average molecular weight is 263 g/mol. The average Bonchev–Trinajstić information content (AvgIpc) is 2.58. The smallest absolute Gasteiger partial charge is 0.307 e. The maximum absolute atomic E-state index is 11.4. The Labute approximate surface area is 101 Å². The van der Waals surface area contributed by atoms with Gasteiger partial charge in [0.25, 0.3) is 0 Å². The summed E-state index contributed by atoms with van der Waals surface area (Å²) in [5.74, 6) is -0.513. The van der Waals surface area contributed by atoms with Crippen molar-refractivity contribution in [1.29, 1.82) is 0 Å². The fourth-order valence-electron chi connectivity index (χ4n) is 1.93. The van der Waals surface area contributed by atoms with Crippen LogP contribution in [0, 0.1) is 0 Å². The number of hydrogen-bond donors (Lipinski definition) is 0. The zero-order chi connectivity index (χ0) is 13.1. The molecule has 0 aliphatic carbocycles. The number of ether oxygens (including phenoxy) is 1. The molecule has 0 spiro atoms. The molecule has 0 radical (unpaired) electrons. The first kappa shape index (κ1) is 14.0. The van der Waals surface area contributed by atoms with Crippen LogP contribution < -0.4 is 0 Å². The second-order valence-electron chi connectivity index (χ2n) is 4.10. The Kier molecular flexibility index (Phi) is 4.50. The molecule has 6 nitrogen and oxygen atoms in total. The van der Waals surface area contributed by atoms with Gasteiger partial charge in [-0.3, -0.25) is 9.59 Å². The molecule has 7 heteroatoms. The summed E-state index contributed by atoms with van der Waals surface area (Å²) in [4.78, 5) is 23.9. The number of carbonyl (C=O) groups excluding carboxylic acids is 2. The maximum Gasteiger partial charge on any atom is 0.307 e. The van der Waals surface area contributed by atoms with Crippen molar-refractivity contribution in [1.82, 2.24) is 4.90 Å². The van der Waals surface area contributed by atoms with Crippen LogP contribution in [0.1, 0.15) is 19.8 Å². The minimum Gasteiger partial charge on any atom is -0.469 e. The zero-order valence-electron chi connectivity index (χ0n) is 10.0. The molecule has 1 aliphatic rings. The minimum absolute atomic E-state index is 0.00620. The fraction of sp³-hybridized carbons (Fsp3) is 0.800. The van der Waals surface area contributed by atoms with Gasteiger partial charge >= 0.3 is 5.97 Å². The normalized spacial score (nSPS) is 22.1. The molecular weight excluding hydrogens is 246 g/mol. The lowest BCUT2D eigenvalue weighted by molar-refractivity contribution is -0.141. The van der Waals surface area contributed by atoms with E-state index in [4.69, 9.17) is 0 Å². The van der Waals surface area contributed by atoms with Crippen molar-refractivity contribution in [3.8, 4) is 0 Å². The van der Waals surface area contributed by atoms with Gasteiger partial charge in [-0.05, 0) is 6.42 Å². The number of nitrogens with zero attached hydrogens (tertiary/aromatic N) is 1. The van der Waals surface area contributed by atoms with Crippen molar-refractivity contribution in [2.24, 2.45) is 0 Å². The molecule has 98 valence electrons. The molecule has 1 aliphatic heterocycles. The Morgan fingerprint density at radius 1 is 1.41 bits per heavy atom. The Morgan fingerprint density at radius 2 is 2.06 bits per heavy atom. The summed E-state index contributed by atoms with van der Waals surface area (Å²) in [6, 6.07) is -0.304. The van der Waals surface area contributed by atoms with Gasteiger partial charge in [-0.2, -0.15) is 0 Å². The number of methoxy groups -OCH3 is 1. The summed E-state index contributed by atoms with van der Waals surface area (Å²) in [5, 5.41) is 0. The van der Waals surface area contributed by atoms with Crippen molar-refractivity contribution in [3.05, 3.63) is 0 Å². The molecule has 1 heterocycles. The second-order valence-corrected chi connectivity index (χ2v) is 6.32. The van der Waals surface area contributed by atoms with Crippen LogP contribution in [0.15, 0.2) is 0 Å². The number of sulfone groups is 1. The predicted molar refractivity (Wildman–Crippen MR) is 61.1 cm³/mol.